The molecule has 2 atom stereocenters. The lowest BCUT2D eigenvalue weighted by molar-refractivity contribution is 0.408. The van der Waals surface area contributed by atoms with E-state index in [4.69, 9.17) is 0 Å². The smallest absolute Gasteiger partial charge is 0.0388 e. The zero-order valence-electron chi connectivity index (χ0n) is 8.99. The molecule has 0 saturated heterocycles. The molecule has 1 saturated carbocycles. The first-order valence-electron chi connectivity index (χ1n) is 5.60. The molecule has 1 aliphatic rings. The summed E-state index contributed by atoms with van der Waals surface area (Å²) in [6.07, 6.45) is 4.13. The summed E-state index contributed by atoms with van der Waals surface area (Å²) in [7, 11) is 0. The minimum absolute atomic E-state index is 0.528. The van der Waals surface area contributed by atoms with E-state index in [9.17, 15) is 0 Å². The molecule has 1 aliphatic carbocycles. The highest BCUT2D eigenvalue weighted by Gasteiger charge is 2.30. The lowest BCUT2D eigenvalue weighted by Gasteiger charge is -2.21. The lowest BCUT2D eigenvalue weighted by atomic mass is 10.1. The Hall–Kier alpha value is -0.340. The maximum Gasteiger partial charge on any atom is 0.0388 e. The Morgan fingerprint density at radius 2 is 2.36 bits per heavy atom. The molecular formula is C12H19NS. The van der Waals surface area contributed by atoms with Gasteiger partial charge in [-0.15, -0.1) is 11.3 Å². The van der Waals surface area contributed by atoms with Crippen molar-refractivity contribution < 1.29 is 0 Å². The van der Waals surface area contributed by atoms with Crippen LogP contribution in [0.25, 0.3) is 0 Å². The van der Waals surface area contributed by atoms with Crippen molar-refractivity contribution in [2.45, 2.75) is 45.2 Å². The van der Waals surface area contributed by atoms with Gasteiger partial charge in [0.15, 0.2) is 0 Å². The lowest BCUT2D eigenvalue weighted by Crippen LogP contribution is -2.32. The molecule has 78 valence electrons. The van der Waals surface area contributed by atoms with Gasteiger partial charge in [-0.1, -0.05) is 13.0 Å². The van der Waals surface area contributed by atoms with Gasteiger partial charge in [0.1, 0.15) is 0 Å². The molecule has 0 aromatic carbocycles. The molecule has 14 heavy (non-hydrogen) atoms. The van der Waals surface area contributed by atoms with Crippen molar-refractivity contribution in [3.05, 3.63) is 22.4 Å². The van der Waals surface area contributed by atoms with Crippen LogP contribution in [0, 0.1) is 5.92 Å². The van der Waals surface area contributed by atoms with Crippen LogP contribution in [-0.2, 0) is 0 Å². The molecule has 0 spiro atoms. The topological polar surface area (TPSA) is 12.0 Å². The summed E-state index contributed by atoms with van der Waals surface area (Å²) in [5.74, 6) is 0.961. The Balaban J connectivity index is 1.89. The standard InChI is InChI=1S/C12H19NS/c1-3-11(10-6-7-10)13-9(2)12-5-4-8-14-12/h4-5,8-11,13H,3,6-7H2,1-2H3. The van der Waals surface area contributed by atoms with Gasteiger partial charge in [0.05, 0.1) is 0 Å². The SMILES string of the molecule is CCC(NC(C)c1cccs1)C1CC1. The number of hydrogen-bond donors (Lipinski definition) is 1. The fourth-order valence-electron chi connectivity index (χ4n) is 2.03. The quantitative estimate of drug-likeness (QED) is 0.781. The summed E-state index contributed by atoms with van der Waals surface area (Å²) in [5, 5.41) is 5.90. The van der Waals surface area contributed by atoms with Crippen LogP contribution in [0.15, 0.2) is 17.5 Å². The molecule has 2 heteroatoms. The van der Waals surface area contributed by atoms with E-state index in [1.807, 2.05) is 11.3 Å². The van der Waals surface area contributed by atoms with Crippen LogP contribution in [-0.4, -0.2) is 6.04 Å². The number of thiophene rings is 1. The normalized spacial score (nSPS) is 20.7. The summed E-state index contributed by atoms with van der Waals surface area (Å²) >= 11 is 1.85. The van der Waals surface area contributed by atoms with E-state index >= 15 is 0 Å². The molecule has 1 fully saturated rings. The average molecular weight is 209 g/mol. The Labute approximate surface area is 90.5 Å². The number of nitrogens with one attached hydrogen (secondary N) is 1. The van der Waals surface area contributed by atoms with Crippen LogP contribution < -0.4 is 5.32 Å². The Bertz CT molecular complexity index is 264. The van der Waals surface area contributed by atoms with Gasteiger partial charge in [-0.2, -0.15) is 0 Å². The van der Waals surface area contributed by atoms with Gasteiger partial charge in [0.25, 0.3) is 0 Å². The van der Waals surface area contributed by atoms with Gasteiger partial charge in [-0.05, 0) is 43.6 Å². The Morgan fingerprint density at radius 1 is 1.57 bits per heavy atom. The Morgan fingerprint density at radius 3 is 2.86 bits per heavy atom. The van der Waals surface area contributed by atoms with E-state index in [0.29, 0.717) is 6.04 Å². The van der Waals surface area contributed by atoms with Crippen molar-refractivity contribution >= 4 is 11.3 Å². The maximum atomic E-state index is 3.74. The van der Waals surface area contributed by atoms with E-state index < -0.39 is 0 Å². The third-order valence-electron chi connectivity index (χ3n) is 3.06. The predicted molar refractivity (Wildman–Crippen MR) is 62.7 cm³/mol. The van der Waals surface area contributed by atoms with Crippen LogP contribution >= 0.6 is 11.3 Å². The van der Waals surface area contributed by atoms with E-state index in [1.165, 1.54) is 24.1 Å². The van der Waals surface area contributed by atoms with Crippen LogP contribution in [0.5, 0.6) is 0 Å². The van der Waals surface area contributed by atoms with Crippen LogP contribution in [0.3, 0.4) is 0 Å². The summed E-state index contributed by atoms with van der Waals surface area (Å²) < 4.78 is 0. The second kappa shape index (κ2) is 4.45. The zero-order valence-corrected chi connectivity index (χ0v) is 9.81. The Kier molecular flexibility index (Phi) is 3.24. The molecule has 2 unspecified atom stereocenters. The van der Waals surface area contributed by atoms with Crippen molar-refractivity contribution in [2.75, 3.05) is 0 Å². The second-order valence-corrected chi connectivity index (χ2v) is 5.24. The maximum absolute atomic E-state index is 3.74. The molecule has 1 nitrogen and oxygen atoms in total. The molecule has 0 aliphatic heterocycles. The highest BCUT2D eigenvalue weighted by atomic mass is 32.1. The van der Waals surface area contributed by atoms with Crippen LogP contribution in [0.2, 0.25) is 0 Å². The minimum Gasteiger partial charge on any atom is -0.306 e. The molecule has 0 bridgehead atoms. The molecular weight excluding hydrogens is 190 g/mol. The highest BCUT2D eigenvalue weighted by molar-refractivity contribution is 7.10. The van der Waals surface area contributed by atoms with E-state index in [2.05, 4.69) is 36.7 Å². The monoisotopic (exact) mass is 209 g/mol. The summed E-state index contributed by atoms with van der Waals surface area (Å²) in [4.78, 5) is 1.46. The molecule has 1 aromatic heterocycles. The van der Waals surface area contributed by atoms with Crippen LogP contribution in [0.1, 0.15) is 44.0 Å². The van der Waals surface area contributed by atoms with E-state index in [-0.39, 0.29) is 0 Å². The highest BCUT2D eigenvalue weighted by Crippen LogP contribution is 2.35. The van der Waals surface area contributed by atoms with E-state index in [0.717, 1.165) is 12.0 Å². The summed E-state index contributed by atoms with van der Waals surface area (Å²) in [6, 6.07) is 5.63. The molecule has 0 radical (unpaired) electrons. The molecule has 2 rings (SSSR count). The van der Waals surface area contributed by atoms with Crippen LogP contribution in [0.4, 0.5) is 0 Å². The van der Waals surface area contributed by atoms with Crippen molar-refractivity contribution in [1.82, 2.24) is 5.32 Å². The first-order valence-corrected chi connectivity index (χ1v) is 6.48. The predicted octanol–water partition coefficient (Wildman–Crippen LogP) is 3.59. The third kappa shape index (κ3) is 2.37. The number of hydrogen-bond acceptors (Lipinski definition) is 2. The van der Waals surface area contributed by atoms with E-state index in [1.54, 1.807) is 0 Å². The molecule has 0 amide bonds. The molecule has 1 aromatic rings. The van der Waals surface area contributed by atoms with Crippen molar-refractivity contribution in [1.29, 1.82) is 0 Å². The largest absolute Gasteiger partial charge is 0.306 e. The fourth-order valence-corrected chi connectivity index (χ4v) is 2.77. The number of rotatable bonds is 5. The van der Waals surface area contributed by atoms with Gasteiger partial charge in [0.2, 0.25) is 0 Å². The molecule has 1 N–H and O–H groups in total. The zero-order chi connectivity index (χ0) is 9.97. The van der Waals surface area contributed by atoms with Crippen molar-refractivity contribution in [2.24, 2.45) is 5.92 Å². The van der Waals surface area contributed by atoms with Gasteiger partial charge in [-0.25, -0.2) is 0 Å². The first-order chi connectivity index (χ1) is 6.81. The van der Waals surface area contributed by atoms with Crippen molar-refractivity contribution in [3.63, 3.8) is 0 Å². The first kappa shape index (κ1) is 10.2. The third-order valence-corrected chi connectivity index (χ3v) is 4.12. The van der Waals surface area contributed by atoms with Crippen molar-refractivity contribution in [3.8, 4) is 0 Å². The van der Waals surface area contributed by atoms with Gasteiger partial charge >= 0.3 is 0 Å². The summed E-state index contributed by atoms with van der Waals surface area (Å²) in [6.45, 7) is 4.56. The van der Waals surface area contributed by atoms with Gasteiger partial charge in [-0.3, -0.25) is 0 Å². The second-order valence-electron chi connectivity index (χ2n) is 4.26. The minimum atomic E-state index is 0.528. The molecule has 1 heterocycles. The summed E-state index contributed by atoms with van der Waals surface area (Å²) in [5.41, 5.74) is 0. The fraction of sp³-hybridized carbons (Fsp3) is 0.667. The van der Waals surface area contributed by atoms with Gasteiger partial charge in [0, 0.05) is 17.0 Å². The van der Waals surface area contributed by atoms with Gasteiger partial charge < -0.3 is 5.32 Å². The average Bonchev–Trinajstić information content (AvgIpc) is 2.88.